The van der Waals surface area contributed by atoms with Gasteiger partial charge in [-0.25, -0.2) is 0 Å². The zero-order chi connectivity index (χ0) is 20.8. The van der Waals surface area contributed by atoms with E-state index < -0.39 is 0 Å². The minimum atomic E-state index is -0.276. The lowest BCUT2D eigenvalue weighted by Gasteiger charge is -2.33. The van der Waals surface area contributed by atoms with Crippen LogP contribution in [0.1, 0.15) is 0 Å². The second-order valence-electron chi connectivity index (χ2n) is 7.12. The van der Waals surface area contributed by atoms with Crippen molar-refractivity contribution in [1.82, 2.24) is 4.90 Å². The Hall–Kier alpha value is -3.10. The SMILES string of the molecule is O=C(COc1ccccc1)Nc1ccc2c(c1)N(CCN1CCOCC1)C(=O)CO2. The molecule has 2 aromatic carbocycles. The van der Waals surface area contributed by atoms with Crippen LogP contribution in [0.5, 0.6) is 11.5 Å². The Morgan fingerprint density at radius 2 is 1.87 bits per heavy atom. The summed E-state index contributed by atoms with van der Waals surface area (Å²) in [6.45, 7) is 4.40. The van der Waals surface area contributed by atoms with Crippen LogP contribution < -0.4 is 19.7 Å². The minimum Gasteiger partial charge on any atom is -0.484 e. The Morgan fingerprint density at radius 3 is 2.67 bits per heavy atom. The van der Waals surface area contributed by atoms with Crippen LogP contribution in [0.25, 0.3) is 0 Å². The molecule has 0 aliphatic carbocycles. The molecule has 1 N–H and O–H groups in total. The summed E-state index contributed by atoms with van der Waals surface area (Å²) in [5.74, 6) is 0.898. The van der Waals surface area contributed by atoms with Crippen LogP contribution in [-0.4, -0.2) is 69.3 Å². The molecule has 30 heavy (non-hydrogen) atoms. The predicted molar refractivity (Wildman–Crippen MR) is 112 cm³/mol. The van der Waals surface area contributed by atoms with Crippen LogP contribution in [-0.2, 0) is 14.3 Å². The van der Waals surface area contributed by atoms with E-state index in [0.29, 0.717) is 29.4 Å². The number of hydrogen-bond donors (Lipinski definition) is 1. The van der Waals surface area contributed by atoms with E-state index >= 15 is 0 Å². The second kappa shape index (κ2) is 9.60. The zero-order valence-electron chi connectivity index (χ0n) is 16.7. The van der Waals surface area contributed by atoms with Crippen molar-refractivity contribution in [3.05, 3.63) is 48.5 Å². The molecule has 2 amide bonds. The maximum Gasteiger partial charge on any atom is 0.265 e. The molecule has 0 spiro atoms. The lowest BCUT2D eigenvalue weighted by atomic mass is 10.2. The lowest BCUT2D eigenvalue weighted by Crippen LogP contribution is -2.45. The minimum absolute atomic E-state index is 0.0206. The number of hydrogen-bond acceptors (Lipinski definition) is 6. The number of amides is 2. The van der Waals surface area contributed by atoms with Crippen molar-refractivity contribution < 1.29 is 23.8 Å². The molecule has 2 aliphatic rings. The molecule has 158 valence electrons. The first kappa shape index (κ1) is 20.2. The Morgan fingerprint density at radius 1 is 1.07 bits per heavy atom. The van der Waals surface area contributed by atoms with Gasteiger partial charge in [-0.3, -0.25) is 14.5 Å². The third kappa shape index (κ3) is 5.08. The molecule has 1 fully saturated rings. The molecule has 2 heterocycles. The largest absolute Gasteiger partial charge is 0.484 e. The molecular weight excluding hydrogens is 386 g/mol. The fourth-order valence-electron chi connectivity index (χ4n) is 3.45. The van der Waals surface area contributed by atoms with Gasteiger partial charge in [-0.2, -0.15) is 0 Å². The highest BCUT2D eigenvalue weighted by molar-refractivity contribution is 5.99. The van der Waals surface area contributed by atoms with E-state index in [9.17, 15) is 9.59 Å². The van der Waals surface area contributed by atoms with Crippen molar-refractivity contribution in [2.24, 2.45) is 0 Å². The Kier molecular flexibility index (Phi) is 6.46. The molecule has 8 heteroatoms. The molecule has 0 radical (unpaired) electrons. The molecule has 0 bridgehead atoms. The van der Waals surface area contributed by atoms with E-state index in [0.717, 1.165) is 32.8 Å². The normalized spacial score (nSPS) is 16.5. The van der Waals surface area contributed by atoms with Gasteiger partial charge in [0.25, 0.3) is 11.8 Å². The van der Waals surface area contributed by atoms with E-state index in [1.54, 1.807) is 35.2 Å². The van der Waals surface area contributed by atoms with E-state index in [1.807, 2.05) is 18.2 Å². The van der Waals surface area contributed by atoms with Gasteiger partial charge >= 0.3 is 0 Å². The fraction of sp³-hybridized carbons (Fsp3) is 0.364. The maximum atomic E-state index is 12.5. The van der Waals surface area contributed by atoms with Crippen molar-refractivity contribution in [3.63, 3.8) is 0 Å². The summed E-state index contributed by atoms with van der Waals surface area (Å²) in [6, 6.07) is 14.5. The first-order chi connectivity index (χ1) is 14.7. The molecule has 4 rings (SSSR count). The Balaban J connectivity index is 1.39. The smallest absolute Gasteiger partial charge is 0.265 e. The van der Waals surface area contributed by atoms with E-state index in [2.05, 4.69) is 10.2 Å². The number of benzene rings is 2. The monoisotopic (exact) mass is 411 g/mol. The number of nitrogens with zero attached hydrogens (tertiary/aromatic N) is 2. The zero-order valence-corrected chi connectivity index (χ0v) is 16.7. The summed E-state index contributed by atoms with van der Waals surface area (Å²) in [6.07, 6.45) is 0. The maximum absolute atomic E-state index is 12.5. The van der Waals surface area contributed by atoms with Crippen LogP contribution in [0.15, 0.2) is 48.5 Å². The molecule has 2 aliphatic heterocycles. The molecular formula is C22H25N3O5. The van der Waals surface area contributed by atoms with Crippen LogP contribution in [0.3, 0.4) is 0 Å². The van der Waals surface area contributed by atoms with Gasteiger partial charge in [-0.05, 0) is 30.3 Å². The van der Waals surface area contributed by atoms with Crippen LogP contribution in [0, 0.1) is 0 Å². The van der Waals surface area contributed by atoms with Gasteiger partial charge in [0.1, 0.15) is 11.5 Å². The fourth-order valence-corrected chi connectivity index (χ4v) is 3.45. The van der Waals surface area contributed by atoms with Crippen molar-refractivity contribution in [2.45, 2.75) is 0 Å². The number of carbonyl (C=O) groups excluding carboxylic acids is 2. The number of nitrogens with one attached hydrogen (secondary N) is 1. The average molecular weight is 411 g/mol. The second-order valence-corrected chi connectivity index (χ2v) is 7.12. The van der Waals surface area contributed by atoms with Crippen LogP contribution >= 0.6 is 0 Å². The van der Waals surface area contributed by atoms with Crippen molar-refractivity contribution in [1.29, 1.82) is 0 Å². The summed E-state index contributed by atoms with van der Waals surface area (Å²) in [5, 5.41) is 2.82. The van der Waals surface area contributed by atoms with Gasteiger partial charge in [0.15, 0.2) is 13.2 Å². The summed E-state index contributed by atoms with van der Waals surface area (Å²) in [4.78, 5) is 28.7. The standard InChI is InChI=1S/C22H25N3O5/c26-21(15-29-18-4-2-1-3-5-18)23-17-6-7-20-19(14-17)25(22(27)16-30-20)9-8-24-10-12-28-13-11-24/h1-7,14H,8-13,15-16H2,(H,23,26). The number of rotatable bonds is 7. The lowest BCUT2D eigenvalue weighted by molar-refractivity contribution is -0.121. The van der Waals surface area contributed by atoms with Gasteiger partial charge in [0.2, 0.25) is 0 Å². The van der Waals surface area contributed by atoms with E-state index in [1.165, 1.54) is 0 Å². The summed E-state index contributed by atoms with van der Waals surface area (Å²) >= 11 is 0. The Bertz CT molecular complexity index is 884. The van der Waals surface area contributed by atoms with Gasteiger partial charge < -0.3 is 24.4 Å². The third-order valence-electron chi connectivity index (χ3n) is 5.04. The van der Waals surface area contributed by atoms with Crippen molar-refractivity contribution in [3.8, 4) is 11.5 Å². The van der Waals surface area contributed by atoms with Crippen LogP contribution in [0.4, 0.5) is 11.4 Å². The number of para-hydroxylation sites is 1. The van der Waals surface area contributed by atoms with Gasteiger partial charge in [-0.1, -0.05) is 18.2 Å². The molecule has 0 unspecified atom stereocenters. The molecule has 0 atom stereocenters. The number of carbonyl (C=O) groups is 2. The molecule has 2 aromatic rings. The first-order valence-electron chi connectivity index (χ1n) is 10.0. The van der Waals surface area contributed by atoms with E-state index in [-0.39, 0.29) is 25.0 Å². The highest BCUT2D eigenvalue weighted by atomic mass is 16.5. The quantitative estimate of drug-likeness (QED) is 0.748. The predicted octanol–water partition coefficient (Wildman–Crippen LogP) is 1.76. The van der Waals surface area contributed by atoms with Gasteiger partial charge in [0.05, 0.1) is 18.9 Å². The highest BCUT2D eigenvalue weighted by Gasteiger charge is 2.26. The molecule has 8 nitrogen and oxygen atoms in total. The molecule has 0 aromatic heterocycles. The van der Waals surface area contributed by atoms with Gasteiger partial charge in [0, 0.05) is 31.9 Å². The van der Waals surface area contributed by atoms with E-state index in [4.69, 9.17) is 14.2 Å². The summed E-state index contributed by atoms with van der Waals surface area (Å²) in [5.41, 5.74) is 1.26. The molecule has 0 saturated carbocycles. The number of ether oxygens (including phenoxy) is 3. The number of anilines is 2. The summed E-state index contributed by atoms with van der Waals surface area (Å²) < 4.78 is 16.4. The van der Waals surface area contributed by atoms with Crippen molar-refractivity contribution >= 4 is 23.2 Å². The first-order valence-corrected chi connectivity index (χ1v) is 10.0. The third-order valence-corrected chi connectivity index (χ3v) is 5.04. The average Bonchev–Trinajstić information content (AvgIpc) is 2.78. The molecule has 1 saturated heterocycles. The van der Waals surface area contributed by atoms with Crippen molar-refractivity contribution in [2.75, 3.05) is 62.8 Å². The number of morpholine rings is 1. The Labute approximate surface area is 175 Å². The van der Waals surface area contributed by atoms with Gasteiger partial charge in [-0.15, -0.1) is 0 Å². The highest BCUT2D eigenvalue weighted by Crippen LogP contribution is 2.34. The summed E-state index contributed by atoms with van der Waals surface area (Å²) in [7, 11) is 0. The number of fused-ring (bicyclic) bond motifs is 1. The topological polar surface area (TPSA) is 80.3 Å². The van der Waals surface area contributed by atoms with Crippen LogP contribution in [0.2, 0.25) is 0 Å².